The zero-order valence-corrected chi connectivity index (χ0v) is 20.4. The first kappa shape index (κ1) is 21.7. The molecule has 3 nitrogen and oxygen atoms in total. The predicted octanol–water partition coefficient (Wildman–Crippen LogP) is 8.91. The molecule has 0 saturated carbocycles. The van der Waals surface area contributed by atoms with Gasteiger partial charge in [0.15, 0.2) is 0 Å². The normalized spacial score (nSPS) is 11.5. The van der Waals surface area contributed by atoms with Gasteiger partial charge in [0.1, 0.15) is 17.2 Å². The van der Waals surface area contributed by atoms with E-state index in [1.165, 1.54) is 0 Å². The molecule has 6 rings (SSSR count). The monoisotopic (exact) mass is 492 g/mol. The van der Waals surface area contributed by atoms with Gasteiger partial charge in [0, 0.05) is 11.8 Å². The van der Waals surface area contributed by atoms with Crippen molar-refractivity contribution in [2.75, 3.05) is 0 Å². The molecule has 6 aromatic carbocycles. The maximum absolute atomic E-state index is 6.32. The Kier molecular flexibility index (Phi) is 5.61. The quantitative estimate of drug-likeness (QED) is 0.217. The molecule has 0 aromatic heterocycles. The molecule has 0 heterocycles. The fourth-order valence-electron chi connectivity index (χ4n) is 4.12. The van der Waals surface area contributed by atoms with Gasteiger partial charge < -0.3 is 13.6 Å². The highest BCUT2D eigenvalue weighted by molar-refractivity contribution is 8.08. The molecular weight excluding hydrogens is 471 g/mol. The second kappa shape index (κ2) is 9.07. The van der Waals surface area contributed by atoms with Gasteiger partial charge in [-0.1, -0.05) is 91.0 Å². The van der Waals surface area contributed by atoms with Gasteiger partial charge in [-0.15, -0.1) is 0 Å². The number of fused-ring (bicyclic) bond motifs is 3. The number of hydrogen-bond acceptors (Lipinski definition) is 4. The Morgan fingerprint density at radius 3 is 0.971 bits per heavy atom. The molecule has 0 aliphatic rings. The van der Waals surface area contributed by atoms with Crippen LogP contribution in [0, 0.1) is 0 Å². The fraction of sp³-hybridized carbons (Fsp3) is 0. The second-order valence-electron chi connectivity index (χ2n) is 8.25. The lowest BCUT2D eigenvalue weighted by Crippen LogP contribution is -2.07. The highest BCUT2D eigenvalue weighted by Gasteiger charge is 2.27. The molecule has 0 aliphatic carbocycles. The van der Waals surface area contributed by atoms with Crippen LogP contribution in [0.2, 0.25) is 0 Å². The summed E-state index contributed by atoms with van der Waals surface area (Å²) in [5.41, 5.74) is 0. The summed E-state index contributed by atoms with van der Waals surface area (Å²) in [6, 6.07) is 42.0. The van der Waals surface area contributed by atoms with Crippen LogP contribution >= 0.6 is 6.72 Å². The Bertz CT molecular complexity index is 1530. The van der Waals surface area contributed by atoms with Gasteiger partial charge in [-0.3, -0.25) is 0 Å². The van der Waals surface area contributed by atoms with Crippen LogP contribution in [0.15, 0.2) is 127 Å². The summed E-state index contributed by atoms with van der Waals surface area (Å²) in [5, 5.41) is 6.55. The Morgan fingerprint density at radius 1 is 0.371 bits per heavy atom. The van der Waals surface area contributed by atoms with E-state index < -0.39 is 6.72 Å². The van der Waals surface area contributed by atoms with Gasteiger partial charge in [0.05, 0.1) is 0 Å². The summed E-state index contributed by atoms with van der Waals surface area (Å²) in [7, 11) is 0. The molecule has 0 saturated heterocycles. The summed E-state index contributed by atoms with van der Waals surface area (Å²) in [6.45, 7) is -3.29. The van der Waals surface area contributed by atoms with Crippen molar-refractivity contribution in [1.82, 2.24) is 0 Å². The molecule has 5 heteroatoms. The predicted molar refractivity (Wildman–Crippen MR) is 148 cm³/mol. The molecule has 0 unspecified atom stereocenters. The SMILES string of the molecule is S=P(Oc1ccc2ccccc2c1)(Oc1ccc2ccccc2c1)Oc1ccc2ccccc2c1. The minimum Gasteiger partial charge on any atom is -0.407 e. The topological polar surface area (TPSA) is 27.7 Å². The largest absolute Gasteiger partial charge is 0.490 e. The van der Waals surface area contributed by atoms with Crippen molar-refractivity contribution in [2.45, 2.75) is 0 Å². The van der Waals surface area contributed by atoms with E-state index in [1.54, 1.807) is 0 Å². The maximum atomic E-state index is 6.32. The lowest BCUT2D eigenvalue weighted by Gasteiger charge is -2.24. The first-order valence-corrected chi connectivity index (χ1v) is 13.8. The third-order valence-corrected chi connectivity index (χ3v) is 7.79. The summed E-state index contributed by atoms with van der Waals surface area (Å²) in [6.07, 6.45) is 0. The van der Waals surface area contributed by atoms with Crippen molar-refractivity contribution in [3.05, 3.63) is 127 Å². The van der Waals surface area contributed by atoms with Gasteiger partial charge in [-0.2, -0.15) is 0 Å². The molecule has 0 N–H and O–H groups in total. The zero-order valence-electron chi connectivity index (χ0n) is 18.7. The minimum atomic E-state index is -3.29. The van der Waals surface area contributed by atoms with E-state index in [0.29, 0.717) is 17.2 Å². The van der Waals surface area contributed by atoms with E-state index in [9.17, 15) is 0 Å². The molecule has 0 atom stereocenters. The van der Waals surface area contributed by atoms with Crippen molar-refractivity contribution < 1.29 is 13.6 Å². The lowest BCUT2D eigenvalue weighted by atomic mass is 10.1. The van der Waals surface area contributed by atoms with E-state index in [0.717, 1.165) is 32.3 Å². The fourth-order valence-corrected chi connectivity index (χ4v) is 6.12. The molecule has 170 valence electrons. The number of benzene rings is 6. The Morgan fingerprint density at radius 2 is 0.657 bits per heavy atom. The average Bonchev–Trinajstić information content (AvgIpc) is 2.88. The highest BCUT2D eigenvalue weighted by Crippen LogP contribution is 2.51. The van der Waals surface area contributed by atoms with E-state index >= 15 is 0 Å². The lowest BCUT2D eigenvalue weighted by molar-refractivity contribution is 0.384. The van der Waals surface area contributed by atoms with Crippen LogP contribution in [0.5, 0.6) is 17.2 Å². The Labute approximate surface area is 208 Å². The van der Waals surface area contributed by atoms with E-state index in [2.05, 4.69) is 18.2 Å². The van der Waals surface area contributed by atoms with Crippen molar-refractivity contribution in [3.8, 4) is 17.2 Å². The first-order valence-electron chi connectivity index (χ1n) is 11.3. The van der Waals surface area contributed by atoms with Crippen molar-refractivity contribution in [1.29, 1.82) is 0 Å². The minimum absolute atomic E-state index is 0.605. The van der Waals surface area contributed by atoms with Crippen LogP contribution in [0.25, 0.3) is 32.3 Å². The van der Waals surface area contributed by atoms with Crippen molar-refractivity contribution in [2.24, 2.45) is 0 Å². The van der Waals surface area contributed by atoms with E-state index in [4.69, 9.17) is 25.4 Å². The van der Waals surface area contributed by atoms with Gasteiger partial charge in [-0.05, 0) is 68.7 Å². The van der Waals surface area contributed by atoms with Gasteiger partial charge in [-0.25, -0.2) is 0 Å². The van der Waals surface area contributed by atoms with Crippen LogP contribution in [-0.4, -0.2) is 0 Å². The smallest absolute Gasteiger partial charge is 0.407 e. The van der Waals surface area contributed by atoms with Crippen LogP contribution in [0.3, 0.4) is 0 Å². The molecule has 0 spiro atoms. The second-order valence-corrected chi connectivity index (χ2v) is 11.0. The Balaban J connectivity index is 1.38. The van der Waals surface area contributed by atoms with Crippen LogP contribution in [-0.2, 0) is 11.8 Å². The van der Waals surface area contributed by atoms with E-state index in [1.807, 2.05) is 109 Å². The van der Waals surface area contributed by atoms with Gasteiger partial charge in [0.25, 0.3) is 0 Å². The Hall–Kier alpha value is -3.85. The number of rotatable bonds is 6. The standard InChI is InChI=1S/C30H21O3PS/c35-34(31-28-16-13-22-7-1-4-10-25(22)19-28,32-29-17-14-23-8-2-5-11-26(23)20-29)33-30-18-15-24-9-3-6-12-27(24)21-30/h1-21H. The summed E-state index contributed by atoms with van der Waals surface area (Å²) >= 11 is 5.96. The number of hydrogen-bond donors (Lipinski definition) is 0. The third-order valence-electron chi connectivity index (χ3n) is 5.81. The first-order chi connectivity index (χ1) is 17.1. The third kappa shape index (κ3) is 4.72. The molecular formula is C30H21O3PS. The van der Waals surface area contributed by atoms with Crippen LogP contribution in [0.4, 0.5) is 0 Å². The molecule has 0 bridgehead atoms. The molecule has 0 amide bonds. The average molecular weight is 493 g/mol. The highest BCUT2D eigenvalue weighted by atomic mass is 32.5. The molecule has 0 aliphatic heterocycles. The summed E-state index contributed by atoms with van der Waals surface area (Å²) < 4.78 is 19.0. The summed E-state index contributed by atoms with van der Waals surface area (Å²) in [5.74, 6) is 1.82. The van der Waals surface area contributed by atoms with E-state index in [-0.39, 0.29) is 0 Å². The zero-order chi connectivity index (χ0) is 23.7. The maximum Gasteiger partial charge on any atom is 0.490 e. The molecule has 35 heavy (non-hydrogen) atoms. The van der Waals surface area contributed by atoms with Gasteiger partial charge in [0.2, 0.25) is 0 Å². The van der Waals surface area contributed by atoms with Crippen molar-refractivity contribution >= 4 is 50.8 Å². The van der Waals surface area contributed by atoms with Crippen LogP contribution < -0.4 is 13.6 Å². The molecule has 0 radical (unpaired) electrons. The molecule has 0 fully saturated rings. The van der Waals surface area contributed by atoms with Gasteiger partial charge >= 0.3 is 6.72 Å². The molecule has 6 aromatic rings. The van der Waals surface area contributed by atoms with Crippen LogP contribution in [0.1, 0.15) is 0 Å². The van der Waals surface area contributed by atoms with Crippen molar-refractivity contribution in [3.63, 3.8) is 0 Å². The summed E-state index contributed by atoms with van der Waals surface area (Å²) in [4.78, 5) is 0.